The number of pyridine rings is 2. The molecule has 1 N–H and O–H groups in total. The first-order valence-corrected chi connectivity index (χ1v) is 13.1. The third-order valence-corrected chi connectivity index (χ3v) is 6.72. The van der Waals surface area contributed by atoms with Gasteiger partial charge in [0.1, 0.15) is 11.4 Å². The number of amides is 1. The molecule has 2 aliphatic rings. The molecule has 0 unspecified atom stereocenters. The summed E-state index contributed by atoms with van der Waals surface area (Å²) in [5.41, 5.74) is 3.46. The topological polar surface area (TPSA) is 96.9 Å². The van der Waals surface area contributed by atoms with E-state index in [1.807, 2.05) is 46.0 Å². The van der Waals surface area contributed by atoms with Gasteiger partial charge >= 0.3 is 12.1 Å². The Kier molecular flexibility index (Phi) is 8.44. The molecule has 9 nitrogen and oxygen atoms in total. The lowest BCUT2D eigenvalue weighted by Crippen LogP contribution is -2.59. The number of carbonyl (C=O) groups excluding carboxylic acids is 2. The van der Waals surface area contributed by atoms with E-state index in [-0.39, 0.29) is 30.6 Å². The average molecular weight is 510 g/mol. The van der Waals surface area contributed by atoms with Gasteiger partial charge < -0.3 is 14.8 Å². The Labute approximate surface area is 219 Å². The Hall–Kier alpha value is -3.04. The van der Waals surface area contributed by atoms with E-state index >= 15 is 0 Å². The van der Waals surface area contributed by atoms with Crippen molar-refractivity contribution in [2.75, 3.05) is 38.2 Å². The zero-order valence-electron chi connectivity index (χ0n) is 22.6. The molecule has 1 saturated heterocycles. The molecule has 2 aromatic rings. The summed E-state index contributed by atoms with van der Waals surface area (Å²) < 4.78 is 10.5. The Morgan fingerprint density at radius 2 is 1.97 bits per heavy atom. The molecule has 0 aromatic carbocycles. The maximum absolute atomic E-state index is 12.8. The molecule has 1 atom stereocenters. The van der Waals surface area contributed by atoms with Gasteiger partial charge in [0.05, 0.1) is 13.5 Å². The van der Waals surface area contributed by atoms with Crippen LogP contribution in [0.15, 0.2) is 30.5 Å². The summed E-state index contributed by atoms with van der Waals surface area (Å²) in [6, 6.07) is 8.31. The third kappa shape index (κ3) is 7.26. The smallest absolute Gasteiger partial charge is 0.416 e. The van der Waals surface area contributed by atoms with Gasteiger partial charge in [0.25, 0.3) is 0 Å². The number of carbonyl (C=O) groups is 2. The second-order valence-electron chi connectivity index (χ2n) is 11.0. The molecular weight excluding hydrogens is 470 g/mol. The maximum Gasteiger partial charge on any atom is 0.416 e. The van der Waals surface area contributed by atoms with Gasteiger partial charge in [0.2, 0.25) is 0 Å². The molecule has 4 rings (SSSR count). The van der Waals surface area contributed by atoms with Crippen LogP contribution in [0.5, 0.6) is 0 Å². The zero-order chi connectivity index (χ0) is 26.6. The Balaban J connectivity index is 1.31. The number of aromatic nitrogens is 2. The van der Waals surface area contributed by atoms with Gasteiger partial charge in [-0.25, -0.2) is 9.78 Å². The van der Waals surface area contributed by atoms with Crippen LogP contribution in [0, 0.1) is 6.92 Å². The van der Waals surface area contributed by atoms with Gasteiger partial charge in [-0.2, -0.15) is 0 Å². The number of likely N-dealkylation sites (tertiary alicyclic amines) is 1. The number of rotatable bonds is 8. The van der Waals surface area contributed by atoms with Gasteiger partial charge in [-0.1, -0.05) is 12.1 Å². The van der Waals surface area contributed by atoms with Crippen LogP contribution in [0.25, 0.3) is 0 Å². The van der Waals surface area contributed by atoms with E-state index in [4.69, 9.17) is 14.5 Å². The second kappa shape index (κ2) is 11.6. The number of hydrogen-bond acceptors (Lipinski definition) is 8. The first-order valence-electron chi connectivity index (χ1n) is 13.1. The van der Waals surface area contributed by atoms with Crippen molar-refractivity contribution in [3.63, 3.8) is 0 Å². The van der Waals surface area contributed by atoms with Crippen LogP contribution in [0.4, 0.5) is 10.6 Å². The number of nitrogens with one attached hydrogen (secondary N) is 1. The predicted molar refractivity (Wildman–Crippen MR) is 142 cm³/mol. The molecule has 9 heteroatoms. The lowest BCUT2D eigenvalue weighted by molar-refractivity contribution is -0.141. The highest BCUT2D eigenvalue weighted by atomic mass is 16.6. The van der Waals surface area contributed by atoms with Crippen LogP contribution in [-0.4, -0.2) is 71.9 Å². The molecule has 0 aliphatic carbocycles. The van der Waals surface area contributed by atoms with Crippen molar-refractivity contribution in [3.8, 4) is 0 Å². The minimum absolute atomic E-state index is 0.131. The Bertz CT molecular complexity index is 1090. The number of nitrogens with zero attached hydrogens (tertiary/aromatic N) is 4. The molecule has 2 aliphatic heterocycles. The molecular formula is C28H39N5O4. The quantitative estimate of drug-likeness (QED) is 0.540. The van der Waals surface area contributed by atoms with Crippen molar-refractivity contribution >= 4 is 17.9 Å². The van der Waals surface area contributed by atoms with Crippen LogP contribution in [0.1, 0.15) is 62.2 Å². The monoisotopic (exact) mass is 509 g/mol. The number of methoxy groups -OCH3 is 1. The highest BCUT2D eigenvalue weighted by Gasteiger charge is 2.31. The van der Waals surface area contributed by atoms with E-state index in [2.05, 4.69) is 27.3 Å². The van der Waals surface area contributed by atoms with Gasteiger partial charge in [0, 0.05) is 62.3 Å². The molecule has 0 saturated carbocycles. The molecule has 37 heavy (non-hydrogen) atoms. The van der Waals surface area contributed by atoms with E-state index in [0.29, 0.717) is 6.54 Å². The molecule has 0 bridgehead atoms. The normalized spacial score (nSPS) is 17.1. The van der Waals surface area contributed by atoms with Crippen LogP contribution in [0.2, 0.25) is 0 Å². The van der Waals surface area contributed by atoms with Crippen molar-refractivity contribution < 1.29 is 19.1 Å². The largest absolute Gasteiger partial charge is 0.469 e. The lowest BCUT2D eigenvalue weighted by atomic mass is 10.0. The van der Waals surface area contributed by atoms with E-state index in [1.54, 1.807) is 4.90 Å². The van der Waals surface area contributed by atoms with E-state index in [1.165, 1.54) is 7.11 Å². The second-order valence-corrected chi connectivity index (χ2v) is 11.0. The Morgan fingerprint density at radius 3 is 2.65 bits per heavy atom. The summed E-state index contributed by atoms with van der Waals surface area (Å²) in [6.45, 7) is 10.9. The van der Waals surface area contributed by atoms with Gasteiger partial charge in [-0.15, -0.1) is 0 Å². The van der Waals surface area contributed by atoms with E-state index in [9.17, 15) is 9.59 Å². The van der Waals surface area contributed by atoms with Gasteiger partial charge in [0.15, 0.2) is 0 Å². The number of hydrogen-bond donors (Lipinski definition) is 1. The Morgan fingerprint density at radius 1 is 1.19 bits per heavy atom. The van der Waals surface area contributed by atoms with Crippen LogP contribution >= 0.6 is 0 Å². The van der Waals surface area contributed by atoms with E-state index < -0.39 is 5.60 Å². The molecule has 200 valence electrons. The van der Waals surface area contributed by atoms with Crippen molar-refractivity contribution in [2.24, 2.45) is 0 Å². The fraction of sp³-hybridized carbons (Fsp3) is 0.571. The first-order chi connectivity index (χ1) is 17.6. The first kappa shape index (κ1) is 27.0. The number of ether oxygens (including phenoxy) is 2. The number of aryl methyl sites for hydroxylation is 2. The summed E-state index contributed by atoms with van der Waals surface area (Å²) in [5, 5.41) is 3.60. The molecule has 1 amide bonds. The standard InChI is InChI=1S/C28H39N5O4/c1-19-8-9-21(16-29-19)24(15-25(34)36-5)30-23-17-32(18-23)14-12-22-11-10-20-7-6-13-33(26(20)31-22)27(35)37-28(2,3)4/h8-11,16,23-24,30H,6-7,12-15,17-18H2,1-5H3/t24-/m0/s1. The van der Waals surface area contributed by atoms with Crippen LogP contribution in [0.3, 0.4) is 0 Å². The number of anilines is 1. The molecule has 4 heterocycles. The van der Waals surface area contributed by atoms with Crippen molar-refractivity contribution in [1.82, 2.24) is 20.2 Å². The van der Waals surface area contributed by atoms with Crippen LogP contribution in [-0.2, 0) is 27.1 Å². The molecule has 0 spiro atoms. The SMILES string of the molecule is COC(=O)C[C@H](NC1CN(CCc2ccc3c(n2)N(C(=O)OC(C)(C)C)CCC3)C1)c1ccc(C)nc1. The average Bonchev–Trinajstić information content (AvgIpc) is 2.83. The highest BCUT2D eigenvalue weighted by Crippen LogP contribution is 2.27. The van der Waals surface area contributed by atoms with Gasteiger partial charge in [-0.3, -0.25) is 19.6 Å². The number of fused-ring (bicyclic) bond motifs is 1. The molecule has 2 aromatic heterocycles. The fourth-order valence-corrected chi connectivity index (χ4v) is 4.74. The lowest BCUT2D eigenvalue weighted by Gasteiger charge is -2.41. The minimum atomic E-state index is -0.541. The van der Waals surface area contributed by atoms with E-state index in [0.717, 1.165) is 67.2 Å². The summed E-state index contributed by atoms with van der Waals surface area (Å²) >= 11 is 0. The van der Waals surface area contributed by atoms with Crippen LogP contribution < -0.4 is 10.2 Å². The number of esters is 1. The fourth-order valence-electron chi connectivity index (χ4n) is 4.74. The van der Waals surface area contributed by atoms with Gasteiger partial charge in [-0.05, 0) is 63.8 Å². The third-order valence-electron chi connectivity index (χ3n) is 6.72. The minimum Gasteiger partial charge on any atom is -0.469 e. The van der Waals surface area contributed by atoms with Crippen molar-refractivity contribution in [3.05, 3.63) is 53.0 Å². The van der Waals surface area contributed by atoms with Crippen molar-refractivity contribution in [2.45, 2.75) is 71.1 Å². The zero-order valence-corrected chi connectivity index (χ0v) is 22.6. The predicted octanol–water partition coefficient (Wildman–Crippen LogP) is 3.59. The maximum atomic E-state index is 12.8. The molecule has 0 radical (unpaired) electrons. The highest BCUT2D eigenvalue weighted by molar-refractivity contribution is 5.88. The summed E-state index contributed by atoms with van der Waals surface area (Å²) in [7, 11) is 1.42. The summed E-state index contributed by atoms with van der Waals surface area (Å²) in [6.07, 6.45) is 4.39. The molecule has 1 fully saturated rings. The summed E-state index contributed by atoms with van der Waals surface area (Å²) in [5.74, 6) is 0.492. The van der Waals surface area contributed by atoms with Crippen molar-refractivity contribution in [1.29, 1.82) is 0 Å². The summed E-state index contributed by atoms with van der Waals surface area (Å²) in [4.78, 5) is 38.0.